The van der Waals surface area contributed by atoms with Crippen LogP contribution in [0, 0.1) is 11.8 Å². The highest BCUT2D eigenvalue weighted by Gasteiger charge is 2.26. The van der Waals surface area contributed by atoms with E-state index in [0.717, 1.165) is 6.92 Å². The largest absolute Gasteiger partial charge is 0.481 e. The first-order valence-electron chi connectivity index (χ1n) is 5.99. The Kier molecular flexibility index (Phi) is 9.67. The molecule has 0 aliphatic rings. The van der Waals surface area contributed by atoms with Gasteiger partial charge in [-0.15, -0.1) is 0 Å². The number of hydrogen-bond acceptors (Lipinski definition) is 4. The summed E-state index contributed by atoms with van der Waals surface area (Å²) in [5.41, 5.74) is 5.60. The summed E-state index contributed by atoms with van der Waals surface area (Å²) in [5, 5.41) is 18.7. The monoisotopic (exact) mass is 276 g/mol. The van der Waals surface area contributed by atoms with E-state index in [0.29, 0.717) is 0 Å². The van der Waals surface area contributed by atoms with E-state index in [1.54, 1.807) is 13.8 Å². The van der Waals surface area contributed by atoms with Crippen LogP contribution < -0.4 is 11.1 Å². The molecule has 0 aromatic heterocycles. The molecule has 0 aromatic rings. The van der Waals surface area contributed by atoms with E-state index in [4.69, 9.17) is 20.7 Å². The molecule has 1 amide bonds. The third kappa shape index (κ3) is 10.0. The second-order valence-corrected chi connectivity index (χ2v) is 4.86. The number of aliphatic carboxylic acids is 2. The first-order chi connectivity index (χ1) is 8.50. The molecular weight excluding hydrogens is 252 g/mol. The lowest BCUT2D eigenvalue weighted by Gasteiger charge is -2.21. The zero-order valence-corrected chi connectivity index (χ0v) is 12.0. The van der Waals surface area contributed by atoms with Crippen LogP contribution in [0.1, 0.15) is 34.6 Å². The van der Waals surface area contributed by atoms with Crippen LogP contribution in [-0.2, 0) is 14.4 Å². The van der Waals surface area contributed by atoms with E-state index < -0.39 is 29.9 Å². The summed E-state index contributed by atoms with van der Waals surface area (Å²) < 4.78 is 0. The lowest BCUT2D eigenvalue weighted by Crippen LogP contribution is -2.52. The number of nitrogens with two attached hydrogens (primary N) is 1. The summed E-state index contributed by atoms with van der Waals surface area (Å²) in [7, 11) is 0. The van der Waals surface area contributed by atoms with Crippen molar-refractivity contribution in [3.8, 4) is 0 Å². The first-order valence-corrected chi connectivity index (χ1v) is 5.99. The quantitative estimate of drug-likeness (QED) is 0.571. The van der Waals surface area contributed by atoms with Gasteiger partial charge in [0.15, 0.2) is 0 Å². The average Bonchev–Trinajstić information content (AvgIpc) is 2.22. The highest BCUT2D eigenvalue weighted by molar-refractivity contribution is 5.87. The fourth-order valence-corrected chi connectivity index (χ4v) is 1.07. The number of amides is 1. The predicted octanol–water partition coefficient (Wildman–Crippen LogP) is 0.286. The van der Waals surface area contributed by atoms with Crippen molar-refractivity contribution in [1.29, 1.82) is 0 Å². The second kappa shape index (κ2) is 9.32. The van der Waals surface area contributed by atoms with Crippen LogP contribution in [0.25, 0.3) is 0 Å². The Labute approximate surface area is 113 Å². The molecule has 0 heterocycles. The van der Waals surface area contributed by atoms with Crippen molar-refractivity contribution in [3.05, 3.63) is 0 Å². The Bertz CT molecular complexity index is 311. The summed E-state index contributed by atoms with van der Waals surface area (Å²) >= 11 is 0. The Balaban J connectivity index is 0. The van der Waals surface area contributed by atoms with E-state index in [9.17, 15) is 9.59 Å². The minimum Gasteiger partial charge on any atom is -0.481 e. The zero-order chi connectivity index (χ0) is 15.7. The average molecular weight is 276 g/mol. The Morgan fingerprint density at radius 1 is 1.00 bits per heavy atom. The van der Waals surface area contributed by atoms with Gasteiger partial charge in [-0.2, -0.15) is 0 Å². The number of carbonyl (C=O) groups excluding carboxylic acids is 1. The van der Waals surface area contributed by atoms with Gasteiger partial charge >= 0.3 is 5.97 Å². The summed E-state index contributed by atoms with van der Waals surface area (Å²) in [6.07, 6.45) is 0. The lowest BCUT2D eigenvalue weighted by molar-refractivity contribution is -0.143. The predicted molar refractivity (Wildman–Crippen MR) is 70.5 cm³/mol. The molecule has 0 fully saturated rings. The van der Waals surface area contributed by atoms with Crippen LogP contribution in [0.5, 0.6) is 0 Å². The minimum atomic E-state index is -1.03. The van der Waals surface area contributed by atoms with Crippen molar-refractivity contribution < 1.29 is 24.6 Å². The number of nitrogens with one attached hydrogen (secondary N) is 1. The zero-order valence-electron chi connectivity index (χ0n) is 12.0. The summed E-state index contributed by atoms with van der Waals surface area (Å²) in [4.78, 5) is 31.3. The highest BCUT2D eigenvalue weighted by Crippen LogP contribution is 2.04. The molecular formula is C12H24N2O5. The molecule has 7 heteroatoms. The van der Waals surface area contributed by atoms with E-state index in [1.807, 2.05) is 13.8 Å². The molecule has 2 unspecified atom stereocenters. The SMILES string of the molecule is CC(=O)O.CC(C)C(N)C(=O)NC(C(=O)O)C(C)C. The van der Waals surface area contributed by atoms with Crippen molar-refractivity contribution in [2.75, 3.05) is 0 Å². The molecule has 0 bridgehead atoms. The maximum atomic E-state index is 11.5. The molecule has 2 atom stereocenters. The summed E-state index contributed by atoms with van der Waals surface area (Å²) in [5.74, 6) is -2.45. The molecule has 0 aliphatic heterocycles. The van der Waals surface area contributed by atoms with Gasteiger partial charge in [-0.3, -0.25) is 9.59 Å². The van der Waals surface area contributed by atoms with Gasteiger partial charge < -0.3 is 21.3 Å². The summed E-state index contributed by atoms with van der Waals surface area (Å²) in [6, 6.07) is -1.53. The summed E-state index contributed by atoms with van der Waals surface area (Å²) in [6.45, 7) is 8.19. The van der Waals surface area contributed by atoms with Crippen molar-refractivity contribution in [3.63, 3.8) is 0 Å². The van der Waals surface area contributed by atoms with Gasteiger partial charge in [0.05, 0.1) is 6.04 Å². The van der Waals surface area contributed by atoms with E-state index >= 15 is 0 Å². The smallest absolute Gasteiger partial charge is 0.326 e. The number of carbonyl (C=O) groups is 3. The highest BCUT2D eigenvalue weighted by atomic mass is 16.4. The van der Waals surface area contributed by atoms with Gasteiger partial charge in [-0.1, -0.05) is 27.7 Å². The second-order valence-electron chi connectivity index (χ2n) is 4.86. The molecule has 0 saturated heterocycles. The molecule has 112 valence electrons. The molecule has 0 aliphatic carbocycles. The third-order valence-electron chi connectivity index (χ3n) is 2.25. The van der Waals surface area contributed by atoms with Crippen molar-refractivity contribution in [2.24, 2.45) is 17.6 Å². The van der Waals surface area contributed by atoms with E-state index in [2.05, 4.69) is 5.32 Å². The maximum Gasteiger partial charge on any atom is 0.326 e. The van der Waals surface area contributed by atoms with Crippen LogP contribution in [-0.4, -0.2) is 40.1 Å². The van der Waals surface area contributed by atoms with Gasteiger partial charge in [0.1, 0.15) is 6.04 Å². The Morgan fingerprint density at radius 3 is 1.58 bits per heavy atom. The number of carboxylic acids is 2. The fraction of sp³-hybridized carbons (Fsp3) is 0.750. The fourth-order valence-electron chi connectivity index (χ4n) is 1.07. The van der Waals surface area contributed by atoms with Crippen molar-refractivity contribution in [2.45, 2.75) is 46.7 Å². The number of hydrogen-bond donors (Lipinski definition) is 4. The maximum absolute atomic E-state index is 11.5. The molecule has 0 spiro atoms. The van der Waals surface area contributed by atoms with Gasteiger partial charge in [0.25, 0.3) is 5.97 Å². The van der Waals surface area contributed by atoms with Crippen LogP contribution in [0.4, 0.5) is 0 Å². The van der Waals surface area contributed by atoms with E-state index in [1.165, 1.54) is 0 Å². The molecule has 0 aromatic carbocycles. The van der Waals surface area contributed by atoms with Crippen LogP contribution in [0.15, 0.2) is 0 Å². The van der Waals surface area contributed by atoms with Gasteiger partial charge in [0.2, 0.25) is 5.91 Å². The standard InChI is InChI=1S/C10H20N2O3.C2H4O2/c1-5(2)7(11)9(13)12-8(6(3)4)10(14)15;1-2(3)4/h5-8H,11H2,1-4H3,(H,12,13)(H,14,15);1H3,(H,3,4). The van der Waals surface area contributed by atoms with Crippen LogP contribution in [0.3, 0.4) is 0 Å². The van der Waals surface area contributed by atoms with Crippen LogP contribution in [0.2, 0.25) is 0 Å². The molecule has 5 N–H and O–H groups in total. The molecule has 7 nitrogen and oxygen atoms in total. The minimum absolute atomic E-state index is 0.00777. The normalized spacial score (nSPS) is 13.3. The Hall–Kier alpha value is -1.63. The van der Waals surface area contributed by atoms with Crippen molar-refractivity contribution in [1.82, 2.24) is 5.32 Å². The number of rotatable bonds is 5. The third-order valence-corrected chi connectivity index (χ3v) is 2.25. The van der Waals surface area contributed by atoms with Gasteiger partial charge in [-0.05, 0) is 11.8 Å². The van der Waals surface area contributed by atoms with Crippen molar-refractivity contribution >= 4 is 17.8 Å². The van der Waals surface area contributed by atoms with Gasteiger partial charge in [0, 0.05) is 6.92 Å². The Morgan fingerprint density at radius 2 is 1.37 bits per heavy atom. The lowest BCUT2D eigenvalue weighted by atomic mass is 10.0. The molecule has 0 saturated carbocycles. The topological polar surface area (TPSA) is 130 Å². The van der Waals surface area contributed by atoms with Crippen LogP contribution >= 0.6 is 0 Å². The van der Waals surface area contributed by atoms with Gasteiger partial charge in [-0.25, -0.2) is 4.79 Å². The number of carboxylic acid groups (broad SMARTS) is 2. The molecule has 19 heavy (non-hydrogen) atoms. The first kappa shape index (κ1) is 19.7. The molecule has 0 radical (unpaired) electrons. The molecule has 0 rings (SSSR count). The van der Waals surface area contributed by atoms with E-state index in [-0.39, 0.29) is 11.8 Å².